The Morgan fingerprint density at radius 3 is 2.44 bits per heavy atom. The van der Waals surface area contributed by atoms with Crippen molar-refractivity contribution >= 4 is 56.5 Å². The highest BCUT2D eigenvalue weighted by Gasteiger charge is 2.12. The Hall–Kier alpha value is -3.42. The van der Waals surface area contributed by atoms with E-state index in [0.29, 0.717) is 23.0 Å². The van der Waals surface area contributed by atoms with Crippen molar-refractivity contribution in [2.75, 3.05) is 17.2 Å². The SMILES string of the molecule is CCOC(=O)Cc1ccc(NC(=O)Nc2ccc(-c3nc4ccccc4s3)c(Cl)c2)cc1. The number of ether oxygens (including phenoxy) is 1. The van der Waals surface area contributed by atoms with Crippen LogP contribution in [0.4, 0.5) is 16.2 Å². The Balaban J connectivity index is 1.39. The predicted molar refractivity (Wildman–Crippen MR) is 129 cm³/mol. The Labute approximate surface area is 194 Å². The fourth-order valence-corrected chi connectivity index (χ4v) is 4.46. The van der Waals surface area contributed by atoms with E-state index in [2.05, 4.69) is 15.6 Å². The molecule has 4 aromatic rings. The first-order valence-corrected chi connectivity index (χ1v) is 11.2. The quantitative estimate of drug-likeness (QED) is 0.324. The zero-order valence-electron chi connectivity index (χ0n) is 17.2. The van der Waals surface area contributed by atoms with Gasteiger partial charge < -0.3 is 15.4 Å². The highest BCUT2D eigenvalue weighted by Crippen LogP contribution is 2.35. The number of nitrogens with zero attached hydrogens (tertiary/aromatic N) is 1. The van der Waals surface area contributed by atoms with Gasteiger partial charge in [-0.2, -0.15) is 0 Å². The van der Waals surface area contributed by atoms with Crippen molar-refractivity contribution in [3.63, 3.8) is 0 Å². The van der Waals surface area contributed by atoms with Gasteiger partial charge >= 0.3 is 12.0 Å². The number of thiazole rings is 1. The molecule has 32 heavy (non-hydrogen) atoms. The van der Waals surface area contributed by atoms with Crippen molar-refractivity contribution in [3.05, 3.63) is 77.3 Å². The van der Waals surface area contributed by atoms with Gasteiger partial charge in [-0.25, -0.2) is 9.78 Å². The number of fused-ring (bicyclic) bond motifs is 1. The number of rotatable bonds is 6. The summed E-state index contributed by atoms with van der Waals surface area (Å²) < 4.78 is 6.03. The van der Waals surface area contributed by atoms with E-state index in [1.54, 1.807) is 54.7 Å². The van der Waals surface area contributed by atoms with Crippen molar-refractivity contribution in [3.8, 4) is 10.6 Å². The van der Waals surface area contributed by atoms with Crippen LogP contribution >= 0.6 is 22.9 Å². The Bertz CT molecular complexity index is 1240. The minimum Gasteiger partial charge on any atom is -0.466 e. The van der Waals surface area contributed by atoms with Gasteiger partial charge in [0.1, 0.15) is 5.01 Å². The average Bonchev–Trinajstić information content (AvgIpc) is 3.19. The van der Waals surface area contributed by atoms with Crippen LogP contribution < -0.4 is 10.6 Å². The van der Waals surface area contributed by atoms with E-state index in [0.717, 1.165) is 26.4 Å². The van der Waals surface area contributed by atoms with Crippen molar-refractivity contribution < 1.29 is 14.3 Å². The number of para-hydroxylation sites is 1. The molecule has 0 atom stereocenters. The standard InChI is InChI=1S/C24H20ClN3O3S/c1-2-31-22(29)13-15-7-9-16(10-8-15)26-24(30)27-17-11-12-18(19(25)14-17)23-28-20-5-3-4-6-21(20)32-23/h3-12,14H,2,13H2,1H3,(H2,26,27,30). The van der Waals surface area contributed by atoms with Gasteiger partial charge in [-0.05, 0) is 55.0 Å². The lowest BCUT2D eigenvalue weighted by Gasteiger charge is -2.10. The van der Waals surface area contributed by atoms with Gasteiger partial charge in [-0.3, -0.25) is 4.79 Å². The summed E-state index contributed by atoms with van der Waals surface area (Å²) in [6, 6.07) is 19.9. The number of hydrogen-bond donors (Lipinski definition) is 2. The second kappa shape index (κ2) is 9.80. The molecule has 2 N–H and O–H groups in total. The Kier molecular flexibility index (Phi) is 6.68. The summed E-state index contributed by atoms with van der Waals surface area (Å²) in [6.07, 6.45) is 0.194. The molecule has 0 aliphatic carbocycles. The molecule has 0 saturated heterocycles. The summed E-state index contributed by atoms with van der Waals surface area (Å²) in [5.74, 6) is -0.280. The van der Waals surface area contributed by atoms with Crippen LogP contribution in [0.1, 0.15) is 12.5 Å². The molecule has 0 fully saturated rings. The molecule has 2 amide bonds. The molecule has 4 rings (SSSR count). The summed E-state index contributed by atoms with van der Waals surface area (Å²) in [7, 11) is 0. The van der Waals surface area contributed by atoms with E-state index < -0.39 is 6.03 Å². The minimum atomic E-state index is -0.396. The topological polar surface area (TPSA) is 80.3 Å². The van der Waals surface area contributed by atoms with Crippen molar-refractivity contribution in [1.82, 2.24) is 4.98 Å². The molecule has 0 spiro atoms. The van der Waals surface area contributed by atoms with Crippen molar-refractivity contribution in [2.45, 2.75) is 13.3 Å². The monoisotopic (exact) mass is 465 g/mol. The van der Waals surface area contributed by atoms with Crippen LogP contribution in [0.2, 0.25) is 5.02 Å². The van der Waals surface area contributed by atoms with Gasteiger partial charge in [-0.15, -0.1) is 11.3 Å². The van der Waals surface area contributed by atoms with E-state index in [4.69, 9.17) is 16.3 Å². The molecule has 6 nitrogen and oxygen atoms in total. The van der Waals surface area contributed by atoms with Crippen molar-refractivity contribution in [2.24, 2.45) is 0 Å². The van der Waals surface area contributed by atoms with Crippen LogP contribution in [0, 0.1) is 0 Å². The number of esters is 1. The first-order chi connectivity index (χ1) is 15.5. The molecule has 1 heterocycles. The molecule has 0 unspecified atom stereocenters. The van der Waals surface area contributed by atoms with E-state index in [1.165, 1.54) is 0 Å². The summed E-state index contributed by atoms with van der Waals surface area (Å²) in [5.41, 5.74) is 3.73. The molecular formula is C24H20ClN3O3S. The Morgan fingerprint density at radius 1 is 1.00 bits per heavy atom. The number of urea groups is 1. The number of amides is 2. The van der Waals surface area contributed by atoms with E-state index in [9.17, 15) is 9.59 Å². The molecule has 1 aromatic heterocycles. The third-order valence-electron chi connectivity index (χ3n) is 4.62. The molecule has 0 aliphatic heterocycles. The Morgan fingerprint density at radius 2 is 1.72 bits per heavy atom. The van der Waals surface area contributed by atoms with Gasteiger partial charge in [0.25, 0.3) is 0 Å². The number of aromatic nitrogens is 1. The highest BCUT2D eigenvalue weighted by atomic mass is 35.5. The molecule has 0 bridgehead atoms. The largest absolute Gasteiger partial charge is 0.466 e. The lowest BCUT2D eigenvalue weighted by atomic mass is 10.1. The van der Waals surface area contributed by atoms with Crippen LogP contribution in [-0.4, -0.2) is 23.6 Å². The number of hydrogen-bond acceptors (Lipinski definition) is 5. The molecule has 0 aliphatic rings. The van der Waals surface area contributed by atoms with E-state index in [-0.39, 0.29) is 12.4 Å². The van der Waals surface area contributed by atoms with Gasteiger partial charge in [0, 0.05) is 16.9 Å². The number of carbonyl (C=O) groups excluding carboxylic acids is 2. The van der Waals surface area contributed by atoms with Crippen LogP contribution in [0.15, 0.2) is 66.7 Å². The fourth-order valence-electron chi connectivity index (χ4n) is 3.13. The predicted octanol–water partition coefficient (Wildman–Crippen LogP) is 6.37. The zero-order chi connectivity index (χ0) is 22.5. The molecule has 3 aromatic carbocycles. The molecule has 0 radical (unpaired) electrons. The number of halogens is 1. The van der Waals surface area contributed by atoms with Crippen LogP contribution in [-0.2, 0) is 16.0 Å². The zero-order valence-corrected chi connectivity index (χ0v) is 18.8. The van der Waals surface area contributed by atoms with Gasteiger partial charge in [-0.1, -0.05) is 35.9 Å². The lowest BCUT2D eigenvalue weighted by molar-refractivity contribution is -0.142. The first kappa shape index (κ1) is 21.8. The maximum Gasteiger partial charge on any atom is 0.323 e. The normalized spacial score (nSPS) is 10.7. The smallest absolute Gasteiger partial charge is 0.323 e. The second-order valence-electron chi connectivity index (χ2n) is 6.94. The first-order valence-electron chi connectivity index (χ1n) is 10.00. The summed E-state index contributed by atoms with van der Waals surface area (Å²) in [6.45, 7) is 2.12. The summed E-state index contributed by atoms with van der Waals surface area (Å²) >= 11 is 8.04. The number of benzene rings is 3. The number of nitrogens with one attached hydrogen (secondary N) is 2. The van der Waals surface area contributed by atoms with E-state index in [1.807, 2.05) is 30.3 Å². The van der Waals surface area contributed by atoms with E-state index >= 15 is 0 Å². The van der Waals surface area contributed by atoms with Crippen molar-refractivity contribution in [1.29, 1.82) is 0 Å². The third kappa shape index (κ3) is 5.25. The summed E-state index contributed by atoms with van der Waals surface area (Å²) in [5, 5.41) is 6.87. The third-order valence-corrected chi connectivity index (χ3v) is 6.00. The van der Waals surface area contributed by atoms with Crippen LogP contribution in [0.25, 0.3) is 20.8 Å². The molecule has 162 valence electrons. The van der Waals surface area contributed by atoms with Crippen LogP contribution in [0.3, 0.4) is 0 Å². The molecule has 0 saturated carbocycles. The second-order valence-corrected chi connectivity index (χ2v) is 8.38. The van der Waals surface area contributed by atoms with Gasteiger partial charge in [0.15, 0.2) is 0 Å². The molecular weight excluding hydrogens is 446 g/mol. The fraction of sp³-hybridized carbons (Fsp3) is 0.125. The maximum absolute atomic E-state index is 12.4. The number of carbonyl (C=O) groups is 2. The summed E-state index contributed by atoms with van der Waals surface area (Å²) in [4.78, 5) is 28.5. The van der Waals surface area contributed by atoms with Crippen LogP contribution in [0.5, 0.6) is 0 Å². The average molecular weight is 466 g/mol. The van der Waals surface area contributed by atoms with Gasteiger partial charge in [0.05, 0.1) is 28.3 Å². The lowest BCUT2D eigenvalue weighted by Crippen LogP contribution is -2.19. The highest BCUT2D eigenvalue weighted by molar-refractivity contribution is 7.21. The minimum absolute atomic E-state index is 0.194. The molecule has 8 heteroatoms. The number of anilines is 2. The van der Waals surface area contributed by atoms with Gasteiger partial charge in [0.2, 0.25) is 0 Å². The maximum atomic E-state index is 12.4.